The second-order valence-electron chi connectivity index (χ2n) is 2.38. The fourth-order valence-corrected chi connectivity index (χ4v) is 0.961. The summed E-state index contributed by atoms with van der Waals surface area (Å²) in [6, 6.07) is 0. The van der Waals surface area contributed by atoms with Gasteiger partial charge in [0.1, 0.15) is 0 Å². The van der Waals surface area contributed by atoms with Crippen LogP contribution in [0, 0.1) is 10.1 Å². The fraction of sp³-hybridized carbons (Fsp3) is 0.429. The lowest BCUT2D eigenvalue weighted by Gasteiger charge is -1.97. The topological polar surface area (TPSA) is 55.2 Å². The predicted molar refractivity (Wildman–Crippen MR) is 41.2 cm³/mol. The van der Waals surface area contributed by atoms with Crippen LogP contribution in [0.4, 0.5) is 0 Å². The number of allylic oxidation sites excluding steroid dienone is 2. The summed E-state index contributed by atoms with van der Waals surface area (Å²) in [6.07, 6.45) is 7.47. The Morgan fingerprint density at radius 2 is 2.55 bits per heavy atom. The molecule has 1 rings (SSSR count). The van der Waals surface area contributed by atoms with Crippen molar-refractivity contribution in [1.82, 2.24) is 5.32 Å². The molecule has 4 heteroatoms. The molecule has 4 nitrogen and oxygen atoms in total. The third-order valence-electron chi connectivity index (χ3n) is 1.46. The van der Waals surface area contributed by atoms with Gasteiger partial charge < -0.3 is 5.32 Å². The molecule has 0 bridgehead atoms. The highest BCUT2D eigenvalue weighted by atomic mass is 16.6. The normalized spacial score (nSPS) is 20.9. The second-order valence-corrected chi connectivity index (χ2v) is 2.38. The maximum Gasteiger partial charge on any atom is 0.253 e. The molecule has 0 spiro atoms. The number of hydrogen-bond acceptors (Lipinski definition) is 3. The van der Waals surface area contributed by atoms with E-state index in [1.807, 2.05) is 6.08 Å². The monoisotopic (exact) mass is 154 g/mol. The molecule has 0 aliphatic carbocycles. The highest BCUT2D eigenvalue weighted by Gasteiger charge is 2.02. The first-order valence-electron chi connectivity index (χ1n) is 3.55. The second kappa shape index (κ2) is 3.75. The summed E-state index contributed by atoms with van der Waals surface area (Å²) in [6.45, 7) is 0. The van der Waals surface area contributed by atoms with E-state index in [4.69, 9.17) is 0 Å². The van der Waals surface area contributed by atoms with Gasteiger partial charge in [-0.15, -0.1) is 0 Å². The van der Waals surface area contributed by atoms with E-state index in [1.165, 1.54) is 0 Å². The van der Waals surface area contributed by atoms with Crippen molar-refractivity contribution in [1.29, 1.82) is 0 Å². The van der Waals surface area contributed by atoms with Gasteiger partial charge in [0, 0.05) is 0 Å². The summed E-state index contributed by atoms with van der Waals surface area (Å²) < 4.78 is 0. The van der Waals surface area contributed by atoms with Crippen molar-refractivity contribution in [2.24, 2.45) is 0 Å². The Labute approximate surface area is 64.7 Å². The zero-order valence-electron chi connectivity index (χ0n) is 6.12. The lowest BCUT2D eigenvalue weighted by atomic mass is 10.2. The van der Waals surface area contributed by atoms with Crippen molar-refractivity contribution in [2.45, 2.75) is 19.3 Å². The van der Waals surface area contributed by atoms with E-state index in [0.29, 0.717) is 5.70 Å². The van der Waals surface area contributed by atoms with Crippen LogP contribution < -0.4 is 5.32 Å². The minimum atomic E-state index is -0.429. The molecule has 0 radical (unpaired) electrons. The van der Waals surface area contributed by atoms with Crippen LogP contribution >= 0.6 is 0 Å². The number of hydrogen-bond donors (Lipinski definition) is 1. The third kappa shape index (κ3) is 2.84. The Hall–Kier alpha value is -1.32. The Balaban J connectivity index is 2.57. The minimum absolute atomic E-state index is 0.429. The summed E-state index contributed by atoms with van der Waals surface area (Å²) in [5.41, 5.74) is 0.684. The third-order valence-corrected chi connectivity index (χ3v) is 1.46. The van der Waals surface area contributed by atoms with Crippen LogP contribution in [-0.4, -0.2) is 4.92 Å². The molecule has 1 aliphatic rings. The smallest absolute Gasteiger partial charge is 0.253 e. The summed E-state index contributed by atoms with van der Waals surface area (Å²) in [5, 5.41) is 12.9. The van der Waals surface area contributed by atoms with E-state index in [-0.39, 0.29) is 0 Å². The van der Waals surface area contributed by atoms with Gasteiger partial charge >= 0.3 is 0 Å². The summed E-state index contributed by atoms with van der Waals surface area (Å²) in [7, 11) is 0. The zero-order chi connectivity index (χ0) is 8.10. The van der Waals surface area contributed by atoms with Crippen LogP contribution in [0.1, 0.15) is 19.3 Å². The van der Waals surface area contributed by atoms with Gasteiger partial charge in [-0.25, -0.2) is 0 Å². The van der Waals surface area contributed by atoms with E-state index >= 15 is 0 Å². The first kappa shape index (κ1) is 7.78. The number of nitrogens with one attached hydrogen (secondary N) is 1. The van der Waals surface area contributed by atoms with Crippen LogP contribution in [0.15, 0.2) is 24.2 Å². The molecule has 0 aromatic rings. The van der Waals surface area contributed by atoms with Gasteiger partial charge in [0.2, 0.25) is 0 Å². The minimum Gasteiger partial charge on any atom is -0.360 e. The van der Waals surface area contributed by atoms with Gasteiger partial charge in [0.05, 0.1) is 10.6 Å². The van der Waals surface area contributed by atoms with E-state index < -0.39 is 4.92 Å². The fourth-order valence-electron chi connectivity index (χ4n) is 0.961. The van der Waals surface area contributed by atoms with Crippen molar-refractivity contribution in [3.8, 4) is 0 Å². The largest absolute Gasteiger partial charge is 0.360 e. The molecule has 0 fully saturated rings. The number of nitrogens with zero attached hydrogens (tertiary/aromatic N) is 1. The highest BCUT2D eigenvalue weighted by Crippen LogP contribution is 2.08. The first-order valence-corrected chi connectivity index (χ1v) is 3.55. The van der Waals surface area contributed by atoms with Crippen LogP contribution in [0.2, 0.25) is 0 Å². The zero-order valence-corrected chi connectivity index (χ0v) is 6.12. The molecule has 0 saturated carbocycles. The first-order chi connectivity index (χ1) is 5.29. The van der Waals surface area contributed by atoms with Gasteiger partial charge in [0.15, 0.2) is 0 Å². The van der Waals surface area contributed by atoms with Crippen LogP contribution in [-0.2, 0) is 0 Å². The van der Waals surface area contributed by atoms with E-state index in [2.05, 4.69) is 5.32 Å². The van der Waals surface area contributed by atoms with E-state index in [9.17, 15) is 10.1 Å². The average Bonchev–Trinajstić information content (AvgIpc) is 2.14. The SMILES string of the molecule is O=[N+]([O-])/C=C1\CCCC=CN1. The standard InChI is InChI=1S/C7H10N2O2/c10-9(11)6-7-4-2-1-3-5-8-7/h3,5-6,8H,1-2,4H2/b7-6+. The van der Waals surface area contributed by atoms with Gasteiger partial charge in [-0.05, 0) is 25.5 Å². The Morgan fingerprint density at radius 3 is 3.27 bits per heavy atom. The van der Waals surface area contributed by atoms with E-state index in [0.717, 1.165) is 25.5 Å². The molecule has 0 atom stereocenters. The van der Waals surface area contributed by atoms with Gasteiger partial charge in [-0.3, -0.25) is 10.1 Å². The van der Waals surface area contributed by atoms with Crippen molar-refractivity contribution in [2.75, 3.05) is 0 Å². The Morgan fingerprint density at radius 1 is 1.73 bits per heavy atom. The van der Waals surface area contributed by atoms with Gasteiger partial charge in [-0.2, -0.15) is 0 Å². The maximum absolute atomic E-state index is 10.0. The molecule has 0 aromatic carbocycles. The van der Waals surface area contributed by atoms with Crippen LogP contribution in [0.3, 0.4) is 0 Å². The average molecular weight is 154 g/mol. The van der Waals surface area contributed by atoms with Crippen molar-refractivity contribution in [3.63, 3.8) is 0 Å². The maximum atomic E-state index is 10.0. The van der Waals surface area contributed by atoms with Crippen molar-refractivity contribution in [3.05, 3.63) is 34.3 Å². The molecule has 0 unspecified atom stereocenters. The summed E-state index contributed by atoms with van der Waals surface area (Å²) >= 11 is 0. The lowest BCUT2D eigenvalue weighted by Crippen LogP contribution is -2.05. The van der Waals surface area contributed by atoms with Crippen molar-refractivity contribution >= 4 is 0 Å². The quantitative estimate of drug-likeness (QED) is 0.458. The molecule has 0 aromatic heterocycles. The number of rotatable bonds is 1. The van der Waals surface area contributed by atoms with Crippen LogP contribution in [0.25, 0.3) is 0 Å². The molecular weight excluding hydrogens is 144 g/mol. The molecule has 60 valence electrons. The Bertz CT molecular complexity index is 208. The van der Waals surface area contributed by atoms with E-state index in [1.54, 1.807) is 6.20 Å². The molecule has 0 amide bonds. The number of nitro groups is 1. The summed E-state index contributed by atoms with van der Waals surface area (Å²) in [5.74, 6) is 0. The highest BCUT2D eigenvalue weighted by molar-refractivity contribution is 5.03. The van der Waals surface area contributed by atoms with Gasteiger partial charge in [-0.1, -0.05) is 6.08 Å². The van der Waals surface area contributed by atoms with Gasteiger partial charge in [0.25, 0.3) is 6.20 Å². The molecule has 1 aliphatic heterocycles. The predicted octanol–water partition coefficient (Wildman–Crippen LogP) is 1.39. The molecule has 0 saturated heterocycles. The lowest BCUT2D eigenvalue weighted by molar-refractivity contribution is -0.403. The molecular formula is C7H10N2O2. The van der Waals surface area contributed by atoms with Crippen molar-refractivity contribution < 1.29 is 4.92 Å². The molecule has 11 heavy (non-hydrogen) atoms. The van der Waals surface area contributed by atoms with Crippen LogP contribution in [0.5, 0.6) is 0 Å². The summed E-state index contributed by atoms with van der Waals surface area (Å²) in [4.78, 5) is 9.62. The molecule has 1 heterocycles. The molecule has 1 N–H and O–H groups in total. The Kier molecular flexibility index (Phi) is 2.66.